The van der Waals surface area contributed by atoms with Crippen molar-refractivity contribution in [1.82, 2.24) is 9.55 Å². The predicted molar refractivity (Wildman–Crippen MR) is 60.1 cm³/mol. The van der Waals surface area contributed by atoms with E-state index in [0.29, 0.717) is 12.7 Å². The Labute approximate surface area is 96.2 Å². The van der Waals surface area contributed by atoms with Crippen molar-refractivity contribution in [3.8, 4) is 0 Å². The molecule has 0 amide bonds. The number of hydrogen-bond donors (Lipinski definition) is 2. The molecule has 1 heterocycles. The quantitative estimate of drug-likeness (QED) is 0.544. The summed E-state index contributed by atoms with van der Waals surface area (Å²) in [5.74, 6) is 0.0125. The highest BCUT2D eigenvalue weighted by Gasteiger charge is 2.21. The lowest BCUT2D eigenvalue weighted by Crippen LogP contribution is -2.33. The van der Waals surface area contributed by atoms with Gasteiger partial charge in [-0.15, -0.1) is 0 Å². The molecule has 0 radical (unpaired) electrons. The lowest BCUT2D eigenvalue weighted by atomic mass is 10.1. The first-order valence-electron chi connectivity index (χ1n) is 5.25. The van der Waals surface area contributed by atoms with Crippen LogP contribution in [0.4, 0.5) is 0 Å². The number of aliphatic hydroxyl groups is 1. The first kappa shape index (κ1) is 11.5. The molecule has 1 aromatic heterocycles. The Bertz CT molecular complexity index is 570. The second-order valence-corrected chi connectivity index (χ2v) is 4.00. The Morgan fingerprint density at radius 3 is 2.82 bits per heavy atom. The molecule has 0 aliphatic heterocycles. The second kappa shape index (κ2) is 4.50. The summed E-state index contributed by atoms with van der Waals surface area (Å²) in [7, 11) is 0. The molecule has 1 aliphatic rings. The lowest BCUT2D eigenvalue weighted by molar-refractivity contribution is 0.112. The summed E-state index contributed by atoms with van der Waals surface area (Å²) >= 11 is 0. The molecule has 0 bridgehead atoms. The Morgan fingerprint density at radius 1 is 1.47 bits per heavy atom. The fourth-order valence-corrected chi connectivity index (χ4v) is 1.93. The minimum Gasteiger partial charge on any atom is -0.396 e. The Kier molecular flexibility index (Phi) is 3.06. The van der Waals surface area contributed by atoms with Crippen LogP contribution in [0.5, 0.6) is 0 Å². The Balaban J connectivity index is 2.40. The van der Waals surface area contributed by atoms with Crippen LogP contribution in [-0.4, -0.2) is 27.6 Å². The molecular formula is C11H12N2O4. The molecule has 0 saturated heterocycles. The lowest BCUT2D eigenvalue weighted by Gasteiger charge is -2.13. The summed E-state index contributed by atoms with van der Waals surface area (Å²) in [4.78, 5) is 35.5. The molecular weight excluding hydrogens is 224 g/mol. The molecule has 6 nitrogen and oxygen atoms in total. The first-order valence-corrected chi connectivity index (χ1v) is 5.25. The zero-order chi connectivity index (χ0) is 12.4. The number of carbonyl (C=O) groups excluding carboxylic acids is 1. The molecule has 6 heteroatoms. The van der Waals surface area contributed by atoms with Crippen molar-refractivity contribution < 1.29 is 9.90 Å². The molecule has 1 aromatic rings. The number of aliphatic hydroxyl groups excluding tert-OH is 1. The van der Waals surface area contributed by atoms with Crippen molar-refractivity contribution in [2.24, 2.45) is 5.92 Å². The minimum absolute atomic E-state index is 0.0125. The smallest absolute Gasteiger partial charge is 0.328 e. The zero-order valence-electron chi connectivity index (χ0n) is 9.00. The van der Waals surface area contributed by atoms with Gasteiger partial charge in [0, 0.05) is 18.7 Å². The van der Waals surface area contributed by atoms with Crippen LogP contribution < -0.4 is 11.2 Å². The standard InChI is InChI=1S/C11H12N2O4/c14-5-7-1-2-9(3-7)13-4-8(6-15)10(16)12-11(13)17/h1-2,4,6-7,9,14H,3,5H2,(H,12,16,17)/t7-,9+/m1/s1. The topological polar surface area (TPSA) is 92.2 Å². The third-order valence-corrected chi connectivity index (χ3v) is 2.86. The highest BCUT2D eigenvalue weighted by atomic mass is 16.3. The number of carbonyl (C=O) groups is 1. The molecule has 17 heavy (non-hydrogen) atoms. The second-order valence-electron chi connectivity index (χ2n) is 4.00. The van der Waals surface area contributed by atoms with Gasteiger partial charge in [-0.05, 0) is 6.42 Å². The van der Waals surface area contributed by atoms with Gasteiger partial charge in [0.05, 0.1) is 11.6 Å². The average Bonchev–Trinajstić information content (AvgIpc) is 2.78. The van der Waals surface area contributed by atoms with Crippen molar-refractivity contribution in [1.29, 1.82) is 0 Å². The highest BCUT2D eigenvalue weighted by molar-refractivity contribution is 5.73. The molecule has 90 valence electrons. The van der Waals surface area contributed by atoms with Crippen LogP contribution in [0.1, 0.15) is 22.8 Å². The summed E-state index contributed by atoms with van der Waals surface area (Å²) in [5, 5.41) is 8.99. The monoisotopic (exact) mass is 236 g/mol. The summed E-state index contributed by atoms with van der Waals surface area (Å²) < 4.78 is 1.30. The van der Waals surface area contributed by atoms with Gasteiger partial charge in [-0.1, -0.05) is 12.2 Å². The highest BCUT2D eigenvalue weighted by Crippen LogP contribution is 2.25. The molecule has 0 saturated carbocycles. The van der Waals surface area contributed by atoms with E-state index in [9.17, 15) is 14.4 Å². The normalized spacial score (nSPS) is 22.9. The van der Waals surface area contributed by atoms with Crippen molar-refractivity contribution in [2.75, 3.05) is 6.61 Å². The molecule has 2 rings (SSSR count). The third kappa shape index (κ3) is 2.12. The van der Waals surface area contributed by atoms with Crippen molar-refractivity contribution in [3.63, 3.8) is 0 Å². The number of allylic oxidation sites excluding steroid dienone is 1. The van der Waals surface area contributed by atoms with E-state index in [1.807, 2.05) is 6.08 Å². The van der Waals surface area contributed by atoms with Gasteiger partial charge in [-0.2, -0.15) is 0 Å². The van der Waals surface area contributed by atoms with Crippen molar-refractivity contribution in [3.05, 3.63) is 44.8 Å². The molecule has 0 unspecified atom stereocenters. The predicted octanol–water partition coefficient (Wildman–Crippen LogP) is -0.541. The first-order chi connectivity index (χ1) is 8.15. The molecule has 2 N–H and O–H groups in total. The number of H-pyrrole nitrogens is 1. The summed E-state index contributed by atoms with van der Waals surface area (Å²) in [6, 6.07) is -0.227. The largest absolute Gasteiger partial charge is 0.396 e. The number of nitrogens with zero attached hydrogens (tertiary/aromatic N) is 1. The SMILES string of the molecule is O=Cc1cn([C@H]2C=C[C@@H](CO)C2)c(=O)[nH]c1=O. The molecule has 0 fully saturated rings. The third-order valence-electron chi connectivity index (χ3n) is 2.86. The van der Waals surface area contributed by atoms with Gasteiger partial charge >= 0.3 is 5.69 Å². The van der Waals surface area contributed by atoms with E-state index in [4.69, 9.17) is 5.11 Å². The van der Waals surface area contributed by atoms with Gasteiger partial charge < -0.3 is 5.11 Å². The number of aromatic amines is 1. The van der Waals surface area contributed by atoms with Crippen molar-refractivity contribution in [2.45, 2.75) is 12.5 Å². The fraction of sp³-hybridized carbons (Fsp3) is 0.364. The Morgan fingerprint density at radius 2 is 2.24 bits per heavy atom. The van der Waals surface area contributed by atoms with Gasteiger partial charge in [0.15, 0.2) is 6.29 Å². The number of rotatable bonds is 3. The number of nitrogens with one attached hydrogen (secondary N) is 1. The van der Waals surface area contributed by atoms with Crippen LogP contribution in [0, 0.1) is 5.92 Å². The van der Waals surface area contributed by atoms with Gasteiger partial charge in [-0.25, -0.2) is 4.79 Å². The van der Waals surface area contributed by atoms with E-state index >= 15 is 0 Å². The van der Waals surface area contributed by atoms with Crippen LogP contribution in [0.2, 0.25) is 0 Å². The molecule has 0 aromatic carbocycles. The van der Waals surface area contributed by atoms with Gasteiger partial charge in [0.25, 0.3) is 5.56 Å². The van der Waals surface area contributed by atoms with Gasteiger partial charge in [-0.3, -0.25) is 19.1 Å². The minimum atomic E-state index is -0.679. The summed E-state index contributed by atoms with van der Waals surface area (Å²) in [5.41, 5.74) is -1.30. The number of aromatic nitrogens is 2. The van der Waals surface area contributed by atoms with Crippen LogP contribution in [0.25, 0.3) is 0 Å². The maximum absolute atomic E-state index is 11.6. The molecule has 0 spiro atoms. The average molecular weight is 236 g/mol. The van der Waals surface area contributed by atoms with E-state index in [0.717, 1.165) is 0 Å². The van der Waals surface area contributed by atoms with E-state index in [2.05, 4.69) is 4.98 Å². The van der Waals surface area contributed by atoms with Crippen LogP contribution in [0.15, 0.2) is 27.9 Å². The number of hydrogen-bond acceptors (Lipinski definition) is 4. The van der Waals surface area contributed by atoms with Gasteiger partial charge in [0.1, 0.15) is 0 Å². The maximum Gasteiger partial charge on any atom is 0.328 e. The summed E-state index contributed by atoms with van der Waals surface area (Å²) in [6.07, 6.45) is 5.86. The van der Waals surface area contributed by atoms with E-state index < -0.39 is 11.2 Å². The van der Waals surface area contributed by atoms with E-state index in [-0.39, 0.29) is 24.1 Å². The van der Waals surface area contributed by atoms with Crippen molar-refractivity contribution >= 4 is 6.29 Å². The van der Waals surface area contributed by atoms with E-state index in [1.54, 1.807) is 6.08 Å². The van der Waals surface area contributed by atoms with Crippen LogP contribution >= 0.6 is 0 Å². The zero-order valence-corrected chi connectivity index (χ0v) is 9.00. The Hall–Kier alpha value is -1.95. The number of aldehydes is 1. The summed E-state index contributed by atoms with van der Waals surface area (Å²) in [6.45, 7) is 0.0195. The van der Waals surface area contributed by atoms with E-state index in [1.165, 1.54) is 10.8 Å². The van der Waals surface area contributed by atoms with Crippen LogP contribution in [-0.2, 0) is 0 Å². The fourth-order valence-electron chi connectivity index (χ4n) is 1.93. The van der Waals surface area contributed by atoms with Gasteiger partial charge in [0.2, 0.25) is 0 Å². The molecule has 2 atom stereocenters. The maximum atomic E-state index is 11.6. The molecule has 1 aliphatic carbocycles. The van der Waals surface area contributed by atoms with Crippen LogP contribution in [0.3, 0.4) is 0 Å².